The molecule has 1 aromatic rings. The summed E-state index contributed by atoms with van der Waals surface area (Å²) < 4.78 is 13.0. The lowest BCUT2D eigenvalue weighted by Crippen LogP contribution is -2.04. The Morgan fingerprint density at radius 3 is 2.67 bits per heavy atom. The van der Waals surface area contributed by atoms with Gasteiger partial charge in [0.05, 0.1) is 5.02 Å². The summed E-state index contributed by atoms with van der Waals surface area (Å²) in [7, 11) is 0. The average Bonchev–Trinajstić information content (AvgIpc) is 1.99. The molecule has 0 unspecified atom stereocenters. The molecule has 0 aliphatic heterocycles. The van der Waals surface area contributed by atoms with E-state index in [0.29, 0.717) is 18.5 Å². The summed E-state index contributed by atoms with van der Waals surface area (Å²) >= 11 is 5.53. The average molecular weight is 210 g/mol. The summed E-state index contributed by atoms with van der Waals surface area (Å²) in [4.78, 5) is 0. The molecule has 4 heteroatoms. The summed E-state index contributed by atoms with van der Waals surface area (Å²) in [5.74, 6) is -0.348. The molecular formula is C8H10Cl2FN. The number of nitrogens with two attached hydrogens (primary N) is 1. The van der Waals surface area contributed by atoms with Gasteiger partial charge in [0.15, 0.2) is 0 Å². The van der Waals surface area contributed by atoms with Crippen LogP contribution in [0.3, 0.4) is 0 Å². The van der Waals surface area contributed by atoms with Crippen LogP contribution in [0.15, 0.2) is 18.2 Å². The zero-order chi connectivity index (χ0) is 8.27. The summed E-state index contributed by atoms with van der Waals surface area (Å²) in [5.41, 5.74) is 5.85. The van der Waals surface area contributed by atoms with Crippen molar-refractivity contribution in [2.45, 2.75) is 6.42 Å². The Morgan fingerprint density at radius 2 is 2.08 bits per heavy atom. The Bertz CT molecular complexity index is 253. The summed E-state index contributed by atoms with van der Waals surface area (Å²) in [6.07, 6.45) is 0.534. The van der Waals surface area contributed by atoms with Gasteiger partial charge in [-0.05, 0) is 24.6 Å². The second kappa shape index (κ2) is 5.36. The van der Waals surface area contributed by atoms with Gasteiger partial charge in [0.1, 0.15) is 5.82 Å². The highest BCUT2D eigenvalue weighted by molar-refractivity contribution is 6.30. The van der Waals surface area contributed by atoms with E-state index >= 15 is 0 Å². The lowest BCUT2D eigenvalue weighted by Gasteiger charge is -2.00. The van der Waals surface area contributed by atoms with Gasteiger partial charge in [0, 0.05) is 0 Å². The zero-order valence-electron chi connectivity index (χ0n) is 6.39. The van der Waals surface area contributed by atoms with E-state index in [1.807, 2.05) is 0 Å². The summed E-state index contributed by atoms with van der Waals surface area (Å²) in [6.45, 7) is 0.442. The Kier molecular flexibility index (Phi) is 5.22. The molecule has 0 heterocycles. The number of hydrogen-bond donors (Lipinski definition) is 1. The highest BCUT2D eigenvalue weighted by Crippen LogP contribution is 2.17. The first-order chi connectivity index (χ1) is 5.25. The van der Waals surface area contributed by atoms with Gasteiger partial charge in [0.2, 0.25) is 0 Å². The van der Waals surface area contributed by atoms with Crippen LogP contribution in [0.1, 0.15) is 5.56 Å². The van der Waals surface area contributed by atoms with Gasteiger partial charge in [-0.15, -0.1) is 12.4 Å². The van der Waals surface area contributed by atoms with Gasteiger partial charge in [0.25, 0.3) is 0 Å². The Hall–Kier alpha value is -0.310. The van der Waals surface area contributed by atoms with Crippen LogP contribution in [0.5, 0.6) is 0 Å². The van der Waals surface area contributed by atoms with Gasteiger partial charge in [-0.25, -0.2) is 4.39 Å². The molecule has 0 atom stereocenters. The van der Waals surface area contributed by atoms with Crippen molar-refractivity contribution in [2.24, 2.45) is 5.73 Å². The van der Waals surface area contributed by atoms with Crippen molar-refractivity contribution in [1.82, 2.24) is 0 Å². The topological polar surface area (TPSA) is 26.0 Å². The van der Waals surface area contributed by atoms with Gasteiger partial charge in [-0.2, -0.15) is 0 Å². The molecule has 0 spiro atoms. The molecule has 0 radical (unpaired) electrons. The SMILES string of the molecule is Cl.NCCc1cccc(Cl)c1F. The first-order valence-electron chi connectivity index (χ1n) is 3.38. The fourth-order valence-electron chi connectivity index (χ4n) is 0.897. The molecule has 0 aromatic heterocycles. The highest BCUT2D eigenvalue weighted by Gasteiger charge is 2.03. The molecule has 0 saturated heterocycles. The Labute approximate surface area is 82.1 Å². The minimum atomic E-state index is -0.348. The number of rotatable bonds is 2. The van der Waals surface area contributed by atoms with E-state index in [1.165, 1.54) is 6.07 Å². The lowest BCUT2D eigenvalue weighted by molar-refractivity contribution is 0.610. The van der Waals surface area contributed by atoms with Crippen LogP contribution >= 0.6 is 24.0 Å². The van der Waals surface area contributed by atoms with Crippen molar-refractivity contribution in [3.8, 4) is 0 Å². The molecule has 1 aromatic carbocycles. The maximum atomic E-state index is 13.0. The van der Waals surface area contributed by atoms with Crippen molar-refractivity contribution < 1.29 is 4.39 Å². The minimum absolute atomic E-state index is 0. The Balaban J connectivity index is 0.00000121. The molecule has 68 valence electrons. The Morgan fingerprint density at radius 1 is 1.42 bits per heavy atom. The number of benzene rings is 1. The van der Waals surface area contributed by atoms with Crippen LogP contribution in [-0.2, 0) is 6.42 Å². The molecule has 1 nitrogen and oxygen atoms in total. The van der Waals surface area contributed by atoms with Crippen LogP contribution in [0.2, 0.25) is 5.02 Å². The third kappa shape index (κ3) is 2.63. The fraction of sp³-hybridized carbons (Fsp3) is 0.250. The van der Waals surface area contributed by atoms with E-state index in [-0.39, 0.29) is 23.2 Å². The molecule has 0 saturated carbocycles. The maximum Gasteiger partial charge on any atom is 0.145 e. The van der Waals surface area contributed by atoms with E-state index < -0.39 is 0 Å². The normalized spacial score (nSPS) is 9.25. The van der Waals surface area contributed by atoms with Gasteiger partial charge >= 0.3 is 0 Å². The number of hydrogen-bond acceptors (Lipinski definition) is 1. The van der Waals surface area contributed by atoms with E-state index in [4.69, 9.17) is 17.3 Å². The quantitative estimate of drug-likeness (QED) is 0.796. The molecule has 0 aliphatic rings. The van der Waals surface area contributed by atoms with Crippen LogP contribution in [0.4, 0.5) is 4.39 Å². The predicted molar refractivity (Wildman–Crippen MR) is 51.4 cm³/mol. The van der Waals surface area contributed by atoms with Crippen molar-refractivity contribution in [3.05, 3.63) is 34.6 Å². The first-order valence-corrected chi connectivity index (χ1v) is 3.76. The molecule has 1 rings (SSSR count). The molecule has 0 aliphatic carbocycles. The second-order valence-electron chi connectivity index (χ2n) is 2.25. The largest absolute Gasteiger partial charge is 0.330 e. The summed E-state index contributed by atoms with van der Waals surface area (Å²) in [5, 5.41) is 0.163. The van der Waals surface area contributed by atoms with Crippen LogP contribution in [-0.4, -0.2) is 6.54 Å². The standard InChI is InChI=1S/C8H9ClFN.ClH/c9-7-3-1-2-6(4-5-11)8(7)10;/h1-3H,4-5,11H2;1H. The molecule has 0 bridgehead atoms. The first kappa shape index (κ1) is 11.7. The van der Waals surface area contributed by atoms with Gasteiger partial charge in [-0.1, -0.05) is 23.7 Å². The van der Waals surface area contributed by atoms with E-state index in [9.17, 15) is 4.39 Å². The van der Waals surface area contributed by atoms with Crippen LogP contribution < -0.4 is 5.73 Å². The molecular weight excluding hydrogens is 200 g/mol. The van der Waals surface area contributed by atoms with E-state index in [2.05, 4.69) is 0 Å². The molecule has 2 N–H and O–H groups in total. The van der Waals surface area contributed by atoms with Crippen molar-refractivity contribution in [2.75, 3.05) is 6.54 Å². The minimum Gasteiger partial charge on any atom is -0.330 e. The van der Waals surface area contributed by atoms with E-state index in [0.717, 1.165) is 0 Å². The van der Waals surface area contributed by atoms with Crippen molar-refractivity contribution in [1.29, 1.82) is 0 Å². The molecule has 0 amide bonds. The van der Waals surface area contributed by atoms with Crippen molar-refractivity contribution >= 4 is 24.0 Å². The second-order valence-corrected chi connectivity index (χ2v) is 2.66. The number of halogens is 3. The van der Waals surface area contributed by atoms with Crippen molar-refractivity contribution in [3.63, 3.8) is 0 Å². The third-order valence-electron chi connectivity index (χ3n) is 1.45. The zero-order valence-corrected chi connectivity index (χ0v) is 7.96. The van der Waals surface area contributed by atoms with Gasteiger partial charge < -0.3 is 5.73 Å². The maximum absolute atomic E-state index is 13.0. The lowest BCUT2D eigenvalue weighted by atomic mass is 10.1. The fourth-order valence-corrected chi connectivity index (χ4v) is 1.09. The van der Waals surface area contributed by atoms with Crippen LogP contribution in [0, 0.1) is 5.82 Å². The van der Waals surface area contributed by atoms with Crippen LogP contribution in [0.25, 0.3) is 0 Å². The monoisotopic (exact) mass is 209 g/mol. The molecule has 12 heavy (non-hydrogen) atoms. The predicted octanol–water partition coefficient (Wildman–Crippen LogP) is 2.40. The third-order valence-corrected chi connectivity index (χ3v) is 1.74. The smallest absolute Gasteiger partial charge is 0.145 e. The highest BCUT2D eigenvalue weighted by atomic mass is 35.5. The molecule has 0 fully saturated rings. The van der Waals surface area contributed by atoms with Gasteiger partial charge in [-0.3, -0.25) is 0 Å². The summed E-state index contributed by atoms with van der Waals surface area (Å²) in [6, 6.07) is 4.93. The van der Waals surface area contributed by atoms with E-state index in [1.54, 1.807) is 12.1 Å².